The van der Waals surface area contributed by atoms with Crippen LogP contribution in [0.3, 0.4) is 0 Å². The summed E-state index contributed by atoms with van der Waals surface area (Å²) in [5.74, 6) is -0.128. The zero-order chi connectivity index (χ0) is 23.2. The summed E-state index contributed by atoms with van der Waals surface area (Å²) in [4.78, 5) is 31.1. The van der Waals surface area contributed by atoms with Crippen LogP contribution < -0.4 is 10.2 Å². The molecule has 0 aliphatic carbocycles. The number of piperazine rings is 1. The molecule has 0 spiro atoms. The Morgan fingerprint density at radius 2 is 1.52 bits per heavy atom. The standard InChI is InChI=1S/C26H27ClN4O2/c1-29(25(32)21-7-9-22(27)10-8-21)24-13-11-23(12-14-24)28-26(33)31-17-15-30(16-18-31)19-20-5-3-2-4-6-20/h2-14H,15-19H2,1H3,(H,28,33). The molecule has 1 fully saturated rings. The van der Waals surface area contributed by atoms with Gasteiger partial charge in [-0.2, -0.15) is 0 Å². The molecule has 0 radical (unpaired) electrons. The van der Waals surface area contributed by atoms with Crippen molar-refractivity contribution in [3.63, 3.8) is 0 Å². The van der Waals surface area contributed by atoms with Crippen molar-refractivity contribution in [2.24, 2.45) is 0 Å². The molecule has 3 aromatic rings. The van der Waals surface area contributed by atoms with Gasteiger partial charge in [0.2, 0.25) is 0 Å². The van der Waals surface area contributed by atoms with Crippen LogP contribution in [-0.4, -0.2) is 55.0 Å². The van der Waals surface area contributed by atoms with Crippen LogP contribution in [0.25, 0.3) is 0 Å². The van der Waals surface area contributed by atoms with E-state index in [9.17, 15) is 9.59 Å². The number of amides is 3. The second kappa shape index (κ2) is 10.5. The maximum atomic E-state index is 12.7. The smallest absolute Gasteiger partial charge is 0.321 e. The first-order valence-electron chi connectivity index (χ1n) is 11.0. The number of carbonyl (C=O) groups is 2. The fourth-order valence-electron chi connectivity index (χ4n) is 3.82. The zero-order valence-corrected chi connectivity index (χ0v) is 19.3. The Morgan fingerprint density at radius 3 is 2.15 bits per heavy atom. The van der Waals surface area contributed by atoms with Crippen LogP contribution in [0.1, 0.15) is 15.9 Å². The van der Waals surface area contributed by atoms with Gasteiger partial charge in [0.1, 0.15) is 0 Å². The number of hydrogen-bond donors (Lipinski definition) is 1. The van der Waals surface area contributed by atoms with Crippen molar-refractivity contribution < 1.29 is 9.59 Å². The lowest BCUT2D eigenvalue weighted by Gasteiger charge is -2.34. The maximum absolute atomic E-state index is 12.7. The molecule has 0 bridgehead atoms. The molecule has 1 N–H and O–H groups in total. The van der Waals surface area contributed by atoms with E-state index in [1.807, 2.05) is 35.2 Å². The van der Waals surface area contributed by atoms with Crippen LogP contribution >= 0.6 is 11.6 Å². The van der Waals surface area contributed by atoms with Crippen LogP contribution in [-0.2, 0) is 6.54 Å². The Labute approximate surface area is 199 Å². The third-order valence-corrected chi connectivity index (χ3v) is 6.06. The number of benzene rings is 3. The predicted molar refractivity (Wildman–Crippen MR) is 133 cm³/mol. The molecule has 1 aliphatic rings. The molecule has 4 rings (SSSR count). The molecule has 3 aromatic carbocycles. The van der Waals surface area contributed by atoms with Crippen molar-refractivity contribution in [2.45, 2.75) is 6.54 Å². The number of rotatable bonds is 5. The Morgan fingerprint density at radius 1 is 0.879 bits per heavy atom. The first kappa shape index (κ1) is 22.8. The van der Waals surface area contributed by atoms with Gasteiger partial charge in [-0.15, -0.1) is 0 Å². The number of carbonyl (C=O) groups excluding carboxylic acids is 2. The minimum atomic E-state index is -0.128. The molecule has 0 saturated carbocycles. The second-order valence-corrected chi connectivity index (χ2v) is 8.53. The van der Waals surface area contributed by atoms with E-state index in [2.05, 4.69) is 34.5 Å². The quantitative estimate of drug-likeness (QED) is 0.582. The summed E-state index contributed by atoms with van der Waals surface area (Å²) < 4.78 is 0. The minimum Gasteiger partial charge on any atom is -0.322 e. The van der Waals surface area contributed by atoms with Gasteiger partial charge in [0.05, 0.1) is 0 Å². The summed E-state index contributed by atoms with van der Waals surface area (Å²) in [5.41, 5.74) is 3.28. The van der Waals surface area contributed by atoms with E-state index in [-0.39, 0.29) is 11.9 Å². The number of nitrogens with one attached hydrogen (secondary N) is 1. The molecule has 0 atom stereocenters. The minimum absolute atomic E-state index is 0.104. The van der Waals surface area contributed by atoms with Gasteiger partial charge in [0.15, 0.2) is 0 Å². The molecule has 3 amide bonds. The molecule has 170 valence electrons. The highest BCUT2D eigenvalue weighted by molar-refractivity contribution is 6.30. The van der Waals surface area contributed by atoms with Crippen LogP contribution in [0.2, 0.25) is 5.02 Å². The Hall–Kier alpha value is -3.35. The van der Waals surface area contributed by atoms with E-state index in [1.54, 1.807) is 36.2 Å². The molecular weight excluding hydrogens is 436 g/mol. The lowest BCUT2D eigenvalue weighted by atomic mass is 10.2. The number of anilines is 2. The average molecular weight is 463 g/mol. The van der Waals surface area contributed by atoms with Gasteiger partial charge in [-0.05, 0) is 54.1 Å². The van der Waals surface area contributed by atoms with Gasteiger partial charge in [-0.3, -0.25) is 9.69 Å². The van der Waals surface area contributed by atoms with E-state index in [1.165, 1.54) is 5.56 Å². The summed E-state index contributed by atoms with van der Waals surface area (Å²) >= 11 is 5.90. The lowest BCUT2D eigenvalue weighted by Crippen LogP contribution is -2.49. The van der Waals surface area contributed by atoms with Gasteiger partial charge in [-0.1, -0.05) is 41.9 Å². The summed E-state index contributed by atoms with van der Waals surface area (Å²) in [6.45, 7) is 3.97. The van der Waals surface area contributed by atoms with Crippen molar-refractivity contribution in [2.75, 3.05) is 43.4 Å². The summed E-state index contributed by atoms with van der Waals surface area (Å²) in [6.07, 6.45) is 0. The van der Waals surface area contributed by atoms with Gasteiger partial charge in [0, 0.05) is 61.7 Å². The van der Waals surface area contributed by atoms with Crippen LogP contribution in [0.4, 0.5) is 16.2 Å². The van der Waals surface area contributed by atoms with Crippen LogP contribution in [0.5, 0.6) is 0 Å². The molecule has 1 heterocycles. The highest BCUT2D eigenvalue weighted by atomic mass is 35.5. The fourth-order valence-corrected chi connectivity index (χ4v) is 3.95. The van der Waals surface area contributed by atoms with Gasteiger partial charge < -0.3 is 15.1 Å². The molecule has 0 aromatic heterocycles. The Bertz CT molecular complexity index is 1080. The van der Waals surface area contributed by atoms with Gasteiger partial charge >= 0.3 is 6.03 Å². The number of urea groups is 1. The highest BCUT2D eigenvalue weighted by Gasteiger charge is 2.21. The lowest BCUT2D eigenvalue weighted by molar-refractivity contribution is 0.0993. The predicted octanol–water partition coefficient (Wildman–Crippen LogP) is 4.97. The normalized spacial score (nSPS) is 14.1. The largest absolute Gasteiger partial charge is 0.322 e. The molecule has 7 heteroatoms. The van der Waals surface area contributed by atoms with Crippen molar-refractivity contribution in [3.05, 3.63) is 95.0 Å². The third kappa shape index (κ3) is 5.92. The van der Waals surface area contributed by atoms with Crippen molar-refractivity contribution in [3.8, 4) is 0 Å². The Balaban J connectivity index is 1.28. The molecular formula is C26H27ClN4O2. The van der Waals surface area contributed by atoms with E-state index in [0.717, 1.165) is 25.3 Å². The van der Waals surface area contributed by atoms with E-state index in [0.29, 0.717) is 29.4 Å². The molecule has 1 aliphatic heterocycles. The highest BCUT2D eigenvalue weighted by Crippen LogP contribution is 2.20. The topological polar surface area (TPSA) is 55.9 Å². The van der Waals surface area contributed by atoms with Gasteiger partial charge in [0.25, 0.3) is 5.91 Å². The summed E-state index contributed by atoms with van der Waals surface area (Å²) in [7, 11) is 1.72. The maximum Gasteiger partial charge on any atom is 0.321 e. The second-order valence-electron chi connectivity index (χ2n) is 8.10. The SMILES string of the molecule is CN(C(=O)c1ccc(Cl)cc1)c1ccc(NC(=O)N2CCN(Cc3ccccc3)CC2)cc1. The first-order valence-corrected chi connectivity index (χ1v) is 11.3. The van der Waals surface area contributed by atoms with Crippen molar-refractivity contribution in [1.82, 2.24) is 9.80 Å². The monoisotopic (exact) mass is 462 g/mol. The Kier molecular flexibility index (Phi) is 7.27. The van der Waals surface area contributed by atoms with E-state index in [4.69, 9.17) is 11.6 Å². The fraction of sp³-hybridized carbons (Fsp3) is 0.231. The molecule has 33 heavy (non-hydrogen) atoms. The third-order valence-electron chi connectivity index (χ3n) is 5.81. The molecule has 1 saturated heterocycles. The number of halogens is 1. The summed E-state index contributed by atoms with van der Waals surface area (Å²) in [6, 6.07) is 24.3. The number of hydrogen-bond acceptors (Lipinski definition) is 3. The van der Waals surface area contributed by atoms with E-state index < -0.39 is 0 Å². The van der Waals surface area contributed by atoms with Crippen LogP contribution in [0, 0.1) is 0 Å². The molecule has 0 unspecified atom stereocenters. The summed E-state index contributed by atoms with van der Waals surface area (Å²) in [5, 5.41) is 3.55. The van der Waals surface area contributed by atoms with Crippen LogP contribution in [0.15, 0.2) is 78.9 Å². The molecule has 6 nitrogen and oxygen atoms in total. The average Bonchev–Trinajstić information content (AvgIpc) is 2.85. The van der Waals surface area contributed by atoms with E-state index >= 15 is 0 Å². The van der Waals surface area contributed by atoms with Crippen molar-refractivity contribution in [1.29, 1.82) is 0 Å². The number of nitrogens with zero attached hydrogens (tertiary/aromatic N) is 3. The first-order chi connectivity index (χ1) is 16.0. The zero-order valence-electron chi connectivity index (χ0n) is 18.6. The van der Waals surface area contributed by atoms with Crippen molar-refractivity contribution >= 4 is 34.9 Å². The van der Waals surface area contributed by atoms with Gasteiger partial charge in [-0.25, -0.2) is 4.79 Å².